The maximum absolute atomic E-state index is 5.86. The number of fused-ring (bicyclic) bond motifs is 1. The van der Waals surface area contributed by atoms with Gasteiger partial charge < -0.3 is 10.5 Å². The van der Waals surface area contributed by atoms with Gasteiger partial charge in [0, 0.05) is 11.1 Å². The predicted octanol–water partition coefficient (Wildman–Crippen LogP) is 3.17. The van der Waals surface area contributed by atoms with Gasteiger partial charge >= 0.3 is 0 Å². The van der Waals surface area contributed by atoms with Gasteiger partial charge in [-0.1, -0.05) is 6.07 Å². The third-order valence-electron chi connectivity index (χ3n) is 1.97. The molecule has 2 rings (SSSR count). The predicted molar refractivity (Wildman–Crippen MR) is 64.7 cm³/mol. The molecule has 74 valence electrons. The van der Waals surface area contributed by atoms with Gasteiger partial charge in [-0.3, -0.25) is 0 Å². The Kier molecular flexibility index (Phi) is 2.56. The van der Waals surface area contributed by atoms with Crippen LogP contribution in [0.25, 0.3) is 10.1 Å². The van der Waals surface area contributed by atoms with E-state index < -0.39 is 0 Å². The number of thiophene rings is 1. The average Bonchev–Trinajstić information content (AvgIpc) is 2.47. The van der Waals surface area contributed by atoms with Gasteiger partial charge in [0.05, 0.1) is 11.3 Å². The van der Waals surface area contributed by atoms with E-state index in [0.29, 0.717) is 6.61 Å². The number of nitrogens with two attached hydrogens (primary N) is 1. The van der Waals surface area contributed by atoms with E-state index in [1.54, 1.807) is 11.3 Å². The van der Waals surface area contributed by atoms with E-state index in [9.17, 15) is 0 Å². The van der Waals surface area contributed by atoms with Gasteiger partial charge in [-0.25, -0.2) is 0 Å². The molecule has 0 aliphatic rings. The van der Waals surface area contributed by atoms with Gasteiger partial charge in [-0.05, 0) is 19.1 Å². The highest BCUT2D eigenvalue weighted by Gasteiger charge is 2.11. The molecule has 2 nitrogen and oxygen atoms in total. The Morgan fingerprint density at radius 1 is 1.50 bits per heavy atom. The van der Waals surface area contributed by atoms with Crippen molar-refractivity contribution in [2.24, 2.45) is 0 Å². The highest BCUT2D eigenvalue weighted by molar-refractivity contribution is 7.83. The fourth-order valence-electron chi connectivity index (χ4n) is 1.39. The van der Waals surface area contributed by atoms with E-state index in [4.69, 9.17) is 10.5 Å². The molecule has 2 aromatic rings. The lowest BCUT2D eigenvalue weighted by Crippen LogP contribution is -1.90. The topological polar surface area (TPSA) is 35.2 Å². The van der Waals surface area contributed by atoms with Crippen LogP contribution >= 0.6 is 24.0 Å². The first-order chi connectivity index (χ1) is 6.74. The van der Waals surface area contributed by atoms with Crippen molar-refractivity contribution in [1.29, 1.82) is 0 Å². The largest absolute Gasteiger partial charge is 0.491 e. The summed E-state index contributed by atoms with van der Waals surface area (Å²) in [5, 5.41) is 1.06. The Morgan fingerprint density at radius 2 is 2.29 bits per heavy atom. The molecule has 4 heteroatoms. The minimum absolute atomic E-state index is 0.647. The molecule has 1 aromatic carbocycles. The van der Waals surface area contributed by atoms with Crippen molar-refractivity contribution in [3.63, 3.8) is 0 Å². The summed E-state index contributed by atoms with van der Waals surface area (Å²) in [4.78, 5) is 0. The van der Waals surface area contributed by atoms with Crippen LogP contribution in [0.4, 0.5) is 5.69 Å². The van der Waals surface area contributed by atoms with Crippen LogP contribution in [-0.4, -0.2) is 6.61 Å². The molecule has 1 aromatic heterocycles. The van der Waals surface area contributed by atoms with E-state index in [0.717, 1.165) is 25.7 Å². The molecule has 14 heavy (non-hydrogen) atoms. The molecule has 0 fully saturated rings. The average molecular weight is 225 g/mol. The van der Waals surface area contributed by atoms with Crippen LogP contribution in [-0.2, 0) is 0 Å². The van der Waals surface area contributed by atoms with Crippen molar-refractivity contribution in [2.45, 2.75) is 11.1 Å². The summed E-state index contributed by atoms with van der Waals surface area (Å²) in [6.07, 6.45) is 0. The van der Waals surface area contributed by atoms with Crippen LogP contribution in [0, 0.1) is 0 Å². The molecule has 0 atom stereocenters. The smallest absolute Gasteiger partial charge is 0.151 e. The Morgan fingerprint density at radius 3 is 3.00 bits per heavy atom. The summed E-state index contributed by atoms with van der Waals surface area (Å²) in [7, 11) is 0. The van der Waals surface area contributed by atoms with Crippen LogP contribution in [0.1, 0.15) is 6.92 Å². The SMILES string of the molecule is CCOc1c(S)sc2c(N)cccc12. The van der Waals surface area contributed by atoms with E-state index in [2.05, 4.69) is 12.6 Å². The van der Waals surface area contributed by atoms with Gasteiger partial charge in [0.15, 0.2) is 5.75 Å². The Balaban J connectivity index is 2.70. The van der Waals surface area contributed by atoms with Crippen LogP contribution in [0.3, 0.4) is 0 Å². The Bertz CT molecular complexity index is 464. The lowest BCUT2D eigenvalue weighted by atomic mass is 10.2. The molecule has 0 saturated carbocycles. The Labute approximate surface area is 92.1 Å². The minimum Gasteiger partial charge on any atom is -0.491 e. The van der Waals surface area contributed by atoms with Crippen molar-refractivity contribution in [3.05, 3.63) is 18.2 Å². The number of anilines is 1. The lowest BCUT2D eigenvalue weighted by molar-refractivity contribution is 0.339. The van der Waals surface area contributed by atoms with Gasteiger partial charge in [0.2, 0.25) is 0 Å². The maximum atomic E-state index is 5.86. The van der Waals surface area contributed by atoms with Crippen LogP contribution in [0.2, 0.25) is 0 Å². The number of rotatable bonds is 2. The van der Waals surface area contributed by atoms with Gasteiger partial charge in [0.25, 0.3) is 0 Å². The molecule has 0 amide bonds. The summed E-state index contributed by atoms with van der Waals surface area (Å²) < 4.78 is 7.47. The molecule has 0 aliphatic carbocycles. The number of hydrogen-bond acceptors (Lipinski definition) is 4. The second-order valence-corrected chi connectivity index (χ2v) is 4.66. The molecule has 1 heterocycles. The zero-order valence-corrected chi connectivity index (χ0v) is 9.49. The summed E-state index contributed by atoms with van der Waals surface area (Å²) in [6, 6.07) is 5.83. The quantitative estimate of drug-likeness (QED) is 0.608. The van der Waals surface area contributed by atoms with Crippen LogP contribution in [0.15, 0.2) is 22.4 Å². The molecule has 0 unspecified atom stereocenters. The third-order valence-corrected chi connectivity index (χ3v) is 3.49. The van der Waals surface area contributed by atoms with Crippen LogP contribution in [0.5, 0.6) is 5.75 Å². The maximum Gasteiger partial charge on any atom is 0.151 e. The first kappa shape index (κ1) is 9.68. The first-order valence-electron chi connectivity index (χ1n) is 4.36. The fourth-order valence-corrected chi connectivity index (χ4v) is 2.76. The summed E-state index contributed by atoms with van der Waals surface area (Å²) in [5.41, 5.74) is 6.64. The molecule has 2 N–H and O–H groups in total. The lowest BCUT2D eigenvalue weighted by Gasteiger charge is -2.01. The van der Waals surface area contributed by atoms with Crippen molar-refractivity contribution in [3.8, 4) is 5.75 Å². The van der Waals surface area contributed by atoms with E-state index in [-0.39, 0.29) is 0 Å². The second-order valence-electron chi connectivity index (χ2n) is 2.89. The van der Waals surface area contributed by atoms with Crippen molar-refractivity contribution in [2.75, 3.05) is 12.3 Å². The summed E-state index contributed by atoms with van der Waals surface area (Å²) in [5.74, 6) is 0.850. The zero-order valence-electron chi connectivity index (χ0n) is 7.78. The van der Waals surface area contributed by atoms with Gasteiger partial charge in [0.1, 0.15) is 4.21 Å². The van der Waals surface area contributed by atoms with Crippen molar-refractivity contribution >= 4 is 39.7 Å². The highest BCUT2D eigenvalue weighted by Crippen LogP contribution is 2.42. The van der Waals surface area contributed by atoms with Gasteiger partial charge in [-0.15, -0.1) is 24.0 Å². The molecular weight excluding hydrogens is 214 g/mol. The normalized spacial score (nSPS) is 10.7. The van der Waals surface area contributed by atoms with E-state index in [1.165, 1.54) is 0 Å². The van der Waals surface area contributed by atoms with E-state index >= 15 is 0 Å². The standard InChI is InChI=1S/C10H11NOS2/c1-2-12-8-6-4-3-5-7(11)9(6)14-10(8)13/h3-5,13H,2,11H2,1H3. The molecule has 0 aliphatic heterocycles. The summed E-state index contributed by atoms with van der Waals surface area (Å²) in [6.45, 7) is 2.61. The molecule has 0 saturated heterocycles. The molecule has 0 bridgehead atoms. The summed E-state index contributed by atoms with van der Waals surface area (Å²) >= 11 is 5.94. The Hall–Kier alpha value is -0.870. The minimum atomic E-state index is 0.647. The van der Waals surface area contributed by atoms with E-state index in [1.807, 2.05) is 25.1 Å². The molecule has 0 spiro atoms. The monoisotopic (exact) mass is 225 g/mol. The van der Waals surface area contributed by atoms with Gasteiger partial charge in [-0.2, -0.15) is 0 Å². The molecular formula is C10H11NOS2. The van der Waals surface area contributed by atoms with Crippen molar-refractivity contribution < 1.29 is 4.74 Å². The van der Waals surface area contributed by atoms with Crippen molar-refractivity contribution in [1.82, 2.24) is 0 Å². The zero-order chi connectivity index (χ0) is 10.1. The second kappa shape index (κ2) is 3.71. The number of nitrogen functional groups attached to an aromatic ring is 1. The van der Waals surface area contributed by atoms with Crippen LogP contribution < -0.4 is 10.5 Å². The number of thiol groups is 1. The first-order valence-corrected chi connectivity index (χ1v) is 5.63. The number of benzene rings is 1. The molecule has 0 radical (unpaired) electrons. The highest BCUT2D eigenvalue weighted by atomic mass is 32.2. The fraction of sp³-hybridized carbons (Fsp3) is 0.200. The number of hydrogen-bond donors (Lipinski definition) is 2. The third kappa shape index (κ3) is 1.44. The number of ether oxygens (including phenoxy) is 1.